The van der Waals surface area contributed by atoms with E-state index in [1.165, 1.54) is 4.90 Å². The number of hydrogen-bond donors (Lipinski definition) is 3. The van der Waals surface area contributed by atoms with Crippen LogP contribution in [0.4, 0.5) is 10.5 Å². The average Bonchev–Trinajstić information content (AvgIpc) is 2.41. The van der Waals surface area contributed by atoms with Crippen molar-refractivity contribution >= 4 is 33.6 Å². The van der Waals surface area contributed by atoms with Gasteiger partial charge in [0.2, 0.25) is 5.91 Å². The first-order valence-electron chi connectivity index (χ1n) is 6.32. The lowest BCUT2D eigenvalue weighted by molar-refractivity contribution is -0.116. The Morgan fingerprint density at radius 2 is 2.20 bits per heavy atom. The number of rotatable bonds is 3. The number of carboxylic acid groups (broad SMARTS) is 1. The van der Waals surface area contributed by atoms with Gasteiger partial charge in [0.1, 0.15) is 0 Å². The quantitative estimate of drug-likeness (QED) is 0.781. The SMILES string of the molecule is O=C(CC1CN(C(=O)O)CCN1)Nc1ccccc1Br. The predicted molar refractivity (Wildman–Crippen MR) is 78.8 cm³/mol. The summed E-state index contributed by atoms with van der Waals surface area (Å²) in [6, 6.07) is 7.21. The number of amides is 2. The second kappa shape index (κ2) is 6.71. The van der Waals surface area contributed by atoms with E-state index in [-0.39, 0.29) is 18.4 Å². The third kappa shape index (κ3) is 3.94. The van der Waals surface area contributed by atoms with Crippen LogP contribution in [0.25, 0.3) is 0 Å². The van der Waals surface area contributed by atoms with Gasteiger partial charge < -0.3 is 20.6 Å². The second-order valence-electron chi connectivity index (χ2n) is 4.61. The van der Waals surface area contributed by atoms with Gasteiger partial charge in [-0.05, 0) is 28.1 Å². The Hall–Kier alpha value is -1.60. The van der Waals surface area contributed by atoms with Gasteiger partial charge in [0, 0.05) is 36.6 Å². The standard InChI is InChI=1S/C13H16BrN3O3/c14-10-3-1-2-4-11(10)16-12(18)7-9-8-17(13(19)20)6-5-15-9/h1-4,9,15H,5-8H2,(H,16,18)(H,19,20). The van der Waals surface area contributed by atoms with Crippen LogP contribution >= 0.6 is 15.9 Å². The van der Waals surface area contributed by atoms with Crippen molar-refractivity contribution in [3.05, 3.63) is 28.7 Å². The molecule has 7 heteroatoms. The van der Waals surface area contributed by atoms with Crippen LogP contribution in [0.5, 0.6) is 0 Å². The van der Waals surface area contributed by atoms with Crippen LogP contribution in [0.15, 0.2) is 28.7 Å². The lowest BCUT2D eigenvalue weighted by Gasteiger charge is -2.31. The number of nitrogens with one attached hydrogen (secondary N) is 2. The molecule has 2 rings (SSSR count). The first-order valence-corrected chi connectivity index (χ1v) is 7.11. The molecule has 108 valence electrons. The van der Waals surface area contributed by atoms with Crippen molar-refractivity contribution in [2.75, 3.05) is 25.0 Å². The van der Waals surface area contributed by atoms with Crippen LogP contribution in [0, 0.1) is 0 Å². The number of anilines is 1. The van der Waals surface area contributed by atoms with E-state index < -0.39 is 6.09 Å². The molecule has 0 saturated carbocycles. The highest BCUT2D eigenvalue weighted by molar-refractivity contribution is 9.10. The third-order valence-electron chi connectivity index (χ3n) is 3.11. The topological polar surface area (TPSA) is 81.7 Å². The Morgan fingerprint density at radius 1 is 1.45 bits per heavy atom. The number of piperazine rings is 1. The zero-order chi connectivity index (χ0) is 14.5. The Kier molecular flexibility index (Phi) is 4.97. The maximum atomic E-state index is 12.0. The van der Waals surface area contributed by atoms with Crippen molar-refractivity contribution in [3.63, 3.8) is 0 Å². The Labute approximate surface area is 125 Å². The van der Waals surface area contributed by atoms with E-state index >= 15 is 0 Å². The first kappa shape index (κ1) is 14.8. The number of carbonyl (C=O) groups excluding carboxylic acids is 1. The molecule has 2 amide bonds. The van der Waals surface area contributed by atoms with Crippen LogP contribution in [-0.2, 0) is 4.79 Å². The minimum absolute atomic E-state index is 0.137. The first-order chi connectivity index (χ1) is 9.56. The van der Waals surface area contributed by atoms with Crippen molar-refractivity contribution in [3.8, 4) is 0 Å². The highest BCUT2D eigenvalue weighted by atomic mass is 79.9. The van der Waals surface area contributed by atoms with E-state index in [0.29, 0.717) is 25.3 Å². The Bertz CT molecular complexity index is 509. The fourth-order valence-electron chi connectivity index (χ4n) is 2.12. The lowest BCUT2D eigenvalue weighted by atomic mass is 10.1. The normalized spacial score (nSPS) is 18.6. The van der Waals surface area contributed by atoms with E-state index in [4.69, 9.17) is 5.11 Å². The fourth-order valence-corrected chi connectivity index (χ4v) is 2.51. The molecular weight excluding hydrogens is 326 g/mol. The summed E-state index contributed by atoms with van der Waals surface area (Å²) in [5.74, 6) is -0.137. The van der Waals surface area contributed by atoms with Crippen LogP contribution < -0.4 is 10.6 Å². The van der Waals surface area contributed by atoms with Crippen LogP contribution in [-0.4, -0.2) is 47.7 Å². The van der Waals surface area contributed by atoms with Gasteiger partial charge in [-0.3, -0.25) is 4.79 Å². The highest BCUT2D eigenvalue weighted by Crippen LogP contribution is 2.21. The average molecular weight is 342 g/mol. The molecule has 6 nitrogen and oxygen atoms in total. The monoisotopic (exact) mass is 341 g/mol. The van der Waals surface area contributed by atoms with Gasteiger partial charge in [-0.25, -0.2) is 4.79 Å². The van der Waals surface area contributed by atoms with Crippen molar-refractivity contribution in [1.29, 1.82) is 0 Å². The summed E-state index contributed by atoms with van der Waals surface area (Å²) in [6.45, 7) is 1.36. The van der Waals surface area contributed by atoms with E-state index in [9.17, 15) is 9.59 Å². The molecule has 1 saturated heterocycles. The summed E-state index contributed by atoms with van der Waals surface area (Å²) in [6.07, 6.45) is -0.701. The van der Waals surface area contributed by atoms with Gasteiger partial charge in [-0.15, -0.1) is 0 Å². The molecule has 1 fully saturated rings. The van der Waals surface area contributed by atoms with Gasteiger partial charge in [0.15, 0.2) is 0 Å². The number of hydrogen-bond acceptors (Lipinski definition) is 3. The van der Waals surface area contributed by atoms with Gasteiger partial charge in [-0.1, -0.05) is 12.1 Å². The fraction of sp³-hybridized carbons (Fsp3) is 0.385. The molecule has 1 atom stereocenters. The van der Waals surface area contributed by atoms with Crippen LogP contribution in [0.1, 0.15) is 6.42 Å². The molecule has 0 aliphatic carbocycles. The van der Waals surface area contributed by atoms with Crippen molar-refractivity contribution < 1.29 is 14.7 Å². The molecule has 0 spiro atoms. The van der Waals surface area contributed by atoms with E-state index in [1.54, 1.807) is 6.07 Å². The summed E-state index contributed by atoms with van der Waals surface area (Å²) in [5, 5.41) is 14.9. The summed E-state index contributed by atoms with van der Waals surface area (Å²) < 4.78 is 0.817. The summed E-state index contributed by atoms with van der Waals surface area (Å²) >= 11 is 3.36. The predicted octanol–water partition coefficient (Wildman–Crippen LogP) is 1.73. The van der Waals surface area contributed by atoms with Crippen molar-refractivity contribution in [1.82, 2.24) is 10.2 Å². The number of halogens is 1. The van der Waals surface area contributed by atoms with Gasteiger partial charge in [-0.2, -0.15) is 0 Å². The molecule has 1 heterocycles. The maximum absolute atomic E-state index is 12.0. The number of benzene rings is 1. The highest BCUT2D eigenvalue weighted by Gasteiger charge is 2.24. The van der Waals surface area contributed by atoms with Gasteiger partial charge in [0.25, 0.3) is 0 Å². The lowest BCUT2D eigenvalue weighted by Crippen LogP contribution is -2.53. The zero-order valence-corrected chi connectivity index (χ0v) is 12.4. The van der Waals surface area contributed by atoms with Gasteiger partial charge >= 0.3 is 6.09 Å². The number of para-hydroxylation sites is 1. The van der Waals surface area contributed by atoms with Crippen LogP contribution in [0.2, 0.25) is 0 Å². The molecule has 1 aliphatic rings. The molecule has 1 aromatic rings. The third-order valence-corrected chi connectivity index (χ3v) is 3.80. The minimum atomic E-state index is -0.942. The summed E-state index contributed by atoms with van der Waals surface area (Å²) in [5.41, 5.74) is 0.711. The smallest absolute Gasteiger partial charge is 0.407 e. The van der Waals surface area contributed by atoms with Crippen molar-refractivity contribution in [2.45, 2.75) is 12.5 Å². The molecule has 20 heavy (non-hydrogen) atoms. The van der Waals surface area contributed by atoms with Crippen LogP contribution in [0.3, 0.4) is 0 Å². The molecular formula is C13H16BrN3O3. The molecule has 0 bridgehead atoms. The number of carbonyl (C=O) groups is 2. The molecule has 1 aromatic carbocycles. The van der Waals surface area contributed by atoms with Crippen molar-refractivity contribution in [2.24, 2.45) is 0 Å². The number of nitrogens with zero attached hydrogens (tertiary/aromatic N) is 1. The Morgan fingerprint density at radius 3 is 2.90 bits per heavy atom. The molecule has 0 radical (unpaired) electrons. The Balaban J connectivity index is 1.88. The van der Waals surface area contributed by atoms with E-state index in [2.05, 4.69) is 26.6 Å². The summed E-state index contributed by atoms with van der Waals surface area (Å²) in [7, 11) is 0. The summed E-state index contributed by atoms with van der Waals surface area (Å²) in [4.78, 5) is 24.2. The van der Waals surface area contributed by atoms with Gasteiger partial charge in [0.05, 0.1) is 5.69 Å². The molecule has 0 aromatic heterocycles. The molecule has 3 N–H and O–H groups in total. The molecule has 1 unspecified atom stereocenters. The second-order valence-corrected chi connectivity index (χ2v) is 5.47. The zero-order valence-electron chi connectivity index (χ0n) is 10.8. The van der Waals surface area contributed by atoms with E-state index in [0.717, 1.165) is 4.47 Å². The minimum Gasteiger partial charge on any atom is -0.465 e. The van der Waals surface area contributed by atoms with E-state index in [1.807, 2.05) is 18.2 Å². The largest absolute Gasteiger partial charge is 0.465 e. The maximum Gasteiger partial charge on any atom is 0.407 e. The molecule has 1 aliphatic heterocycles.